The van der Waals surface area contributed by atoms with Gasteiger partial charge in [-0.3, -0.25) is 4.79 Å². The largest absolute Gasteiger partial charge is 0.392 e. The number of nitrogens with zero attached hydrogens (tertiary/aromatic N) is 1. The molecule has 3 N–H and O–H groups in total. The minimum Gasteiger partial charge on any atom is -0.392 e. The molecule has 0 aliphatic heterocycles. The number of pyridine rings is 1. The van der Waals surface area contributed by atoms with Gasteiger partial charge >= 0.3 is 0 Å². The molecule has 4 nitrogen and oxygen atoms in total. The summed E-state index contributed by atoms with van der Waals surface area (Å²) >= 11 is 5.15. The summed E-state index contributed by atoms with van der Waals surface area (Å²) in [6, 6.07) is 3.76. The third-order valence-electron chi connectivity index (χ3n) is 3.85. The topological polar surface area (TPSA) is 68.0 Å². The zero-order valence-electron chi connectivity index (χ0n) is 11.1. The van der Waals surface area contributed by atoms with Crippen LogP contribution in [0.1, 0.15) is 37.7 Å². The van der Waals surface area contributed by atoms with Gasteiger partial charge in [0.1, 0.15) is 5.82 Å². The van der Waals surface area contributed by atoms with E-state index in [1.165, 1.54) is 0 Å². The van der Waals surface area contributed by atoms with Crippen LogP contribution in [-0.2, 0) is 4.79 Å². The molecule has 0 spiro atoms. The maximum absolute atomic E-state index is 12.6. The third-order valence-corrected chi connectivity index (χ3v) is 4.25. The highest BCUT2D eigenvalue weighted by atomic mass is 32.1. The number of anilines is 1. The number of hydrogen-bond donors (Lipinski definition) is 2. The van der Waals surface area contributed by atoms with E-state index in [1.807, 2.05) is 19.1 Å². The fourth-order valence-corrected chi connectivity index (χ4v) is 2.88. The summed E-state index contributed by atoms with van der Waals surface area (Å²) in [5, 5.41) is 2.88. The second-order valence-corrected chi connectivity index (χ2v) is 5.57. The van der Waals surface area contributed by atoms with Crippen LogP contribution >= 0.6 is 12.2 Å². The molecule has 0 aromatic carbocycles. The van der Waals surface area contributed by atoms with Crippen molar-refractivity contribution in [1.82, 2.24) is 4.98 Å². The summed E-state index contributed by atoms with van der Waals surface area (Å²) in [5.74, 6) is 0.482. The molecule has 1 fully saturated rings. The lowest BCUT2D eigenvalue weighted by Crippen LogP contribution is -2.47. The number of carbonyl (C=O) groups excluding carboxylic acids is 1. The number of aryl methyl sites for hydroxylation is 1. The lowest BCUT2D eigenvalue weighted by atomic mass is 9.73. The molecule has 1 aromatic rings. The molecule has 0 atom stereocenters. The van der Waals surface area contributed by atoms with Gasteiger partial charge in [-0.25, -0.2) is 4.98 Å². The van der Waals surface area contributed by atoms with Crippen LogP contribution in [0.4, 0.5) is 5.82 Å². The van der Waals surface area contributed by atoms with E-state index in [0.29, 0.717) is 10.8 Å². The van der Waals surface area contributed by atoms with Crippen molar-refractivity contribution in [1.29, 1.82) is 0 Å². The maximum Gasteiger partial charge on any atom is 0.238 e. The van der Waals surface area contributed by atoms with Crippen molar-refractivity contribution in [2.75, 3.05) is 5.32 Å². The Morgan fingerprint density at radius 2 is 2.11 bits per heavy atom. The van der Waals surface area contributed by atoms with E-state index in [4.69, 9.17) is 18.0 Å². The Morgan fingerprint density at radius 3 is 2.68 bits per heavy atom. The molecule has 1 heterocycles. The number of nitrogens with two attached hydrogens (primary N) is 1. The molecule has 2 rings (SSSR count). The fourth-order valence-electron chi connectivity index (χ4n) is 2.58. The second kappa shape index (κ2) is 5.65. The highest BCUT2D eigenvalue weighted by Gasteiger charge is 2.42. The Kier molecular flexibility index (Phi) is 4.14. The second-order valence-electron chi connectivity index (χ2n) is 5.13. The summed E-state index contributed by atoms with van der Waals surface area (Å²) in [6.07, 6.45) is 6.26. The minimum atomic E-state index is -0.697. The van der Waals surface area contributed by atoms with Crippen LogP contribution in [0.2, 0.25) is 0 Å². The number of carbonyl (C=O) groups is 1. The smallest absolute Gasteiger partial charge is 0.238 e. The van der Waals surface area contributed by atoms with Crippen LogP contribution in [0.3, 0.4) is 0 Å². The predicted molar refractivity (Wildman–Crippen MR) is 79.9 cm³/mol. The highest BCUT2D eigenvalue weighted by molar-refractivity contribution is 7.80. The van der Waals surface area contributed by atoms with E-state index in [1.54, 1.807) is 6.20 Å². The fraction of sp³-hybridized carbons (Fsp3) is 0.500. The molecule has 1 aliphatic carbocycles. The highest BCUT2D eigenvalue weighted by Crippen LogP contribution is 2.37. The molecular weight excluding hydrogens is 258 g/mol. The molecule has 0 saturated heterocycles. The zero-order chi connectivity index (χ0) is 13.9. The molecule has 1 saturated carbocycles. The Labute approximate surface area is 118 Å². The van der Waals surface area contributed by atoms with Crippen LogP contribution in [0.5, 0.6) is 0 Å². The van der Waals surface area contributed by atoms with Crippen LogP contribution in [0, 0.1) is 12.3 Å². The molecule has 1 aromatic heterocycles. The molecule has 0 bridgehead atoms. The quantitative estimate of drug-likeness (QED) is 0.833. The standard InChI is InChI=1S/C14H19N3OS/c1-10-6-5-9-16-11(10)17-13(18)14(12(15)19)7-3-2-4-8-14/h5-6,9H,2-4,7-8H2,1H3,(H2,15,19)(H,16,17,18). The van der Waals surface area contributed by atoms with Gasteiger partial charge < -0.3 is 11.1 Å². The normalized spacial score (nSPS) is 17.7. The first-order valence-electron chi connectivity index (χ1n) is 6.59. The number of nitrogens with one attached hydrogen (secondary N) is 1. The maximum atomic E-state index is 12.6. The van der Waals surface area contributed by atoms with Crippen molar-refractivity contribution >= 4 is 28.9 Å². The first-order valence-corrected chi connectivity index (χ1v) is 7.00. The molecular formula is C14H19N3OS. The Hall–Kier alpha value is -1.49. The van der Waals surface area contributed by atoms with Gasteiger partial charge in [0.25, 0.3) is 0 Å². The van der Waals surface area contributed by atoms with Crippen molar-refractivity contribution in [2.24, 2.45) is 11.1 Å². The van der Waals surface area contributed by atoms with E-state index in [0.717, 1.165) is 37.7 Å². The van der Waals surface area contributed by atoms with Gasteiger partial charge in [0.15, 0.2) is 0 Å². The summed E-state index contributed by atoms with van der Waals surface area (Å²) in [4.78, 5) is 17.1. The number of hydrogen-bond acceptors (Lipinski definition) is 3. The summed E-state index contributed by atoms with van der Waals surface area (Å²) in [7, 11) is 0. The first-order chi connectivity index (χ1) is 9.06. The van der Waals surface area contributed by atoms with E-state index in [-0.39, 0.29) is 5.91 Å². The van der Waals surface area contributed by atoms with Gasteiger partial charge in [-0.15, -0.1) is 0 Å². The van der Waals surface area contributed by atoms with Gasteiger partial charge in [-0.05, 0) is 31.4 Å². The summed E-state index contributed by atoms with van der Waals surface area (Å²) < 4.78 is 0. The number of amides is 1. The number of rotatable bonds is 3. The van der Waals surface area contributed by atoms with Crippen molar-refractivity contribution in [3.8, 4) is 0 Å². The Morgan fingerprint density at radius 1 is 1.42 bits per heavy atom. The van der Waals surface area contributed by atoms with Crippen molar-refractivity contribution in [3.63, 3.8) is 0 Å². The SMILES string of the molecule is Cc1cccnc1NC(=O)C1(C(N)=S)CCCCC1. The van der Waals surface area contributed by atoms with E-state index in [9.17, 15) is 4.79 Å². The van der Waals surface area contributed by atoms with Crippen LogP contribution in [-0.4, -0.2) is 15.9 Å². The average Bonchev–Trinajstić information content (AvgIpc) is 2.42. The average molecular weight is 277 g/mol. The first kappa shape index (κ1) is 13.9. The minimum absolute atomic E-state index is 0.110. The monoisotopic (exact) mass is 277 g/mol. The summed E-state index contributed by atoms with van der Waals surface area (Å²) in [6.45, 7) is 1.91. The third kappa shape index (κ3) is 2.76. The Bertz CT molecular complexity index is 495. The summed E-state index contributed by atoms with van der Waals surface area (Å²) in [5.41, 5.74) is 6.08. The number of thiocarbonyl (C=S) groups is 1. The van der Waals surface area contributed by atoms with E-state index in [2.05, 4.69) is 10.3 Å². The van der Waals surface area contributed by atoms with Crippen LogP contribution < -0.4 is 11.1 Å². The molecule has 0 radical (unpaired) electrons. The zero-order valence-corrected chi connectivity index (χ0v) is 11.9. The van der Waals surface area contributed by atoms with Gasteiger partial charge in [0.05, 0.1) is 10.4 Å². The molecule has 1 aliphatic rings. The van der Waals surface area contributed by atoms with Crippen molar-refractivity contribution in [3.05, 3.63) is 23.9 Å². The van der Waals surface area contributed by atoms with Gasteiger partial charge in [-0.2, -0.15) is 0 Å². The van der Waals surface area contributed by atoms with Crippen LogP contribution in [0.15, 0.2) is 18.3 Å². The van der Waals surface area contributed by atoms with Crippen LogP contribution in [0.25, 0.3) is 0 Å². The van der Waals surface area contributed by atoms with Crippen molar-refractivity contribution in [2.45, 2.75) is 39.0 Å². The predicted octanol–water partition coefficient (Wildman–Crippen LogP) is 2.57. The lowest BCUT2D eigenvalue weighted by Gasteiger charge is -2.34. The molecule has 1 amide bonds. The molecule has 5 heteroatoms. The lowest BCUT2D eigenvalue weighted by molar-refractivity contribution is -0.123. The van der Waals surface area contributed by atoms with Gasteiger partial charge in [-0.1, -0.05) is 37.5 Å². The molecule has 102 valence electrons. The molecule has 0 unspecified atom stereocenters. The van der Waals surface area contributed by atoms with Gasteiger partial charge in [0.2, 0.25) is 5.91 Å². The Balaban J connectivity index is 2.21. The van der Waals surface area contributed by atoms with E-state index < -0.39 is 5.41 Å². The number of aromatic nitrogens is 1. The van der Waals surface area contributed by atoms with Gasteiger partial charge in [0, 0.05) is 6.20 Å². The molecule has 19 heavy (non-hydrogen) atoms. The van der Waals surface area contributed by atoms with Crippen molar-refractivity contribution < 1.29 is 4.79 Å². The van der Waals surface area contributed by atoms with E-state index >= 15 is 0 Å².